The Balaban J connectivity index is 3.04. The Bertz CT molecular complexity index is 471. The van der Waals surface area contributed by atoms with Crippen LogP contribution in [0.5, 0.6) is 0 Å². The average Bonchev–Trinajstić information content (AvgIpc) is 2.34. The van der Waals surface area contributed by atoms with Crippen molar-refractivity contribution in [3.05, 3.63) is 34.1 Å². The van der Waals surface area contributed by atoms with Crippen LogP contribution in [0.15, 0.2) is 22.7 Å². The number of hydrogen-bond acceptors (Lipinski definition) is 3. The van der Waals surface area contributed by atoms with Gasteiger partial charge in [-0.3, -0.25) is 5.32 Å². The molecule has 1 atom stereocenters. The van der Waals surface area contributed by atoms with E-state index in [0.717, 1.165) is 0 Å². The van der Waals surface area contributed by atoms with Gasteiger partial charge >= 0.3 is 5.97 Å². The van der Waals surface area contributed by atoms with Crippen LogP contribution >= 0.6 is 15.9 Å². The van der Waals surface area contributed by atoms with E-state index in [0.29, 0.717) is 4.47 Å². The molecule has 0 heterocycles. The molecular weight excluding hydrogens is 301 g/mol. The van der Waals surface area contributed by atoms with E-state index in [2.05, 4.69) is 27.2 Å². The molecule has 0 bridgehead atoms. The normalized spacial score (nSPS) is 11.7. The maximum Gasteiger partial charge on any atom is 0.327 e. The molecule has 0 fully saturated rings. The fraction of sp³-hybridized carbons (Fsp3) is 0.308. The number of carbonyl (C=O) groups is 1. The van der Waals surface area contributed by atoms with Crippen LogP contribution in [0, 0.1) is 18.2 Å². The van der Waals surface area contributed by atoms with Crippen molar-refractivity contribution in [3.63, 3.8) is 0 Å². The highest BCUT2D eigenvalue weighted by atomic mass is 79.9. The predicted molar refractivity (Wildman–Crippen MR) is 70.3 cm³/mol. The number of benzene rings is 1. The van der Waals surface area contributed by atoms with Gasteiger partial charge in [0.15, 0.2) is 0 Å². The van der Waals surface area contributed by atoms with Crippen molar-refractivity contribution in [3.8, 4) is 12.3 Å². The molecule has 0 aliphatic carbocycles. The molecule has 0 aromatic heterocycles. The van der Waals surface area contributed by atoms with E-state index < -0.39 is 17.8 Å². The van der Waals surface area contributed by atoms with Crippen molar-refractivity contribution < 1.29 is 13.9 Å². The van der Waals surface area contributed by atoms with Gasteiger partial charge in [0.25, 0.3) is 0 Å². The van der Waals surface area contributed by atoms with Gasteiger partial charge in [-0.15, -0.1) is 6.42 Å². The van der Waals surface area contributed by atoms with Gasteiger partial charge in [-0.25, -0.2) is 9.18 Å². The number of esters is 1. The van der Waals surface area contributed by atoms with Crippen LogP contribution in [0.2, 0.25) is 0 Å². The standard InChI is InChI=1S/C13H13BrFNO2/c1-3-7-16-12(13(17)18-4-2)10-8-9(14)5-6-11(10)15/h1,5-6,8,12,16H,4,7H2,2H3. The summed E-state index contributed by atoms with van der Waals surface area (Å²) in [6.45, 7) is 2.06. The van der Waals surface area contributed by atoms with E-state index in [1.807, 2.05) is 0 Å². The molecule has 5 heteroatoms. The Morgan fingerprint density at radius 2 is 2.39 bits per heavy atom. The molecule has 96 valence electrons. The van der Waals surface area contributed by atoms with E-state index in [4.69, 9.17) is 11.2 Å². The van der Waals surface area contributed by atoms with Crippen molar-refractivity contribution >= 4 is 21.9 Å². The molecule has 18 heavy (non-hydrogen) atoms. The lowest BCUT2D eigenvalue weighted by Crippen LogP contribution is -2.31. The first kappa shape index (κ1) is 14.7. The van der Waals surface area contributed by atoms with Crippen molar-refractivity contribution in [2.45, 2.75) is 13.0 Å². The van der Waals surface area contributed by atoms with Crippen LogP contribution < -0.4 is 5.32 Å². The smallest absolute Gasteiger partial charge is 0.327 e. The van der Waals surface area contributed by atoms with Crippen LogP contribution in [0.4, 0.5) is 4.39 Å². The fourth-order valence-electron chi connectivity index (χ4n) is 1.44. The van der Waals surface area contributed by atoms with Gasteiger partial charge in [0.05, 0.1) is 13.2 Å². The monoisotopic (exact) mass is 313 g/mol. The lowest BCUT2D eigenvalue weighted by molar-refractivity contribution is -0.145. The Kier molecular flexibility index (Phi) is 5.83. The first-order chi connectivity index (χ1) is 8.60. The van der Waals surface area contributed by atoms with E-state index in [1.54, 1.807) is 13.0 Å². The maximum absolute atomic E-state index is 13.7. The molecule has 0 spiro atoms. The summed E-state index contributed by atoms with van der Waals surface area (Å²) in [5.41, 5.74) is 0.207. The summed E-state index contributed by atoms with van der Waals surface area (Å²) < 4.78 is 19.3. The number of halogens is 2. The third-order valence-corrected chi connectivity index (χ3v) is 2.69. The van der Waals surface area contributed by atoms with Gasteiger partial charge in [0.1, 0.15) is 11.9 Å². The van der Waals surface area contributed by atoms with Crippen molar-refractivity contribution in [2.24, 2.45) is 0 Å². The van der Waals surface area contributed by atoms with Crippen LogP contribution in [-0.4, -0.2) is 19.1 Å². The van der Waals surface area contributed by atoms with Crippen molar-refractivity contribution in [1.29, 1.82) is 0 Å². The van der Waals surface area contributed by atoms with Gasteiger partial charge in [-0.2, -0.15) is 0 Å². The number of ether oxygens (including phenoxy) is 1. The summed E-state index contributed by atoms with van der Waals surface area (Å²) in [6, 6.07) is 3.46. The highest BCUT2D eigenvalue weighted by molar-refractivity contribution is 9.10. The van der Waals surface area contributed by atoms with E-state index >= 15 is 0 Å². The molecular formula is C13H13BrFNO2. The summed E-state index contributed by atoms with van der Waals surface area (Å²) in [7, 11) is 0. The Hall–Kier alpha value is -1.38. The van der Waals surface area contributed by atoms with Gasteiger partial charge in [0.2, 0.25) is 0 Å². The fourth-order valence-corrected chi connectivity index (χ4v) is 1.82. The summed E-state index contributed by atoms with van der Waals surface area (Å²) in [4.78, 5) is 11.8. The van der Waals surface area contributed by atoms with Crippen LogP contribution in [-0.2, 0) is 9.53 Å². The molecule has 1 rings (SSSR count). The van der Waals surface area contributed by atoms with Crippen LogP contribution in [0.3, 0.4) is 0 Å². The third kappa shape index (κ3) is 3.83. The molecule has 1 N–H and O–H groups in total. The van der Waals surface area contributed by atoms with Crippen LogP contribution in [0.1, 0.15) is 18.5 Å². The summed E-state index contributed by atoms with van der Waals surface area (Å²) in [6.07, 6.45) is 5.13. The lowest BCUT2D eigenvalue weighted by atomic mass is 10.1. The Morgan fingerprint density at radius 1 is 1.67 bits per heavy atom. The second kappa shape index (κ2) is 7.14. The molecule has 1 aromatic rings. The predicted octanol–water partition coefficient (Wildman–Crippen LogP) is 2.42. The molecule has 0 amide bonds. The largest absolute Gasteiger partial charge is 0.465 e. The number of carbonyl (C=O) groups excluding carboxylic acids is 1. The zero-order valence-electron chi connectivity index (χ0n) is 9.87. The molecule has 0 saturated heterocycles. The number of hydrogen-bond donors (Lipinski definition) is 1. The topological polar surface area (TPSA) is 38.3 Å². The number of rotatable bonds is 5. The van der Waals surface area contributed by atoms with E-state index in [9.17, 15) is 9.18 Å². The minimum atomic E-state index is -0.904. The van der Waals surface area contributed by atoms with Gasteiger partial charge < -0.3 is 4.74 Å². The minimum Gasteiger partial charge on any atom is -0.465 e. The molecule has 1 aromatic carbocycles. The first-order valence-corrected chi connectivity index (χ1v) is 6.17. The highest BCUT2D eigenvalue weighted by Gasteiger charge is 2.24. The molecule has 0 radical (unpaired) electrons. The third-order valence-electron chi connectivity index (χ3n) is 2.20. The van der Waals surface area contributed by atoms with Crippen LogP contribution in [0.25, 0.3) is 0 Å². The second-order valence-electron chi connectivity index (χ2n) is 3.44. The van der Waals surface area contributed by atoms with Crippen molar-refractivity contribution in [2.75, 3.05) is 13.2 Å². The molecule has 0 aliphatic rings. The van der Waals surface area contributed by atoms with Gasteiger partial charge in [0, 0.05) is 10.0 Å². The van der Waals surface area contributed by atoms with E-state index in [-0.39, 0.29) is 18.7 Å². The number of nitrogens with one attached hydrogen (secondary N) is 1. The quantitative estimate of drug-likeness (QED) is 0.670. The van der Waals surface area contributed by atoms with Crippen molar-refractivity contribution in [1.82, 2.24) is 5.32 Å². The van der Waals surface area contributed by atoms with Gasteiger partial charge in [-0.1, -0.05) is 21.9 Å². The zero-order valence-corrected chi connectivity index (χ0v) is 11.5. The minimum absolute atomic E-state index is 0.148. The summed E-state index contributed by atoms with van der Waals surface area (Å²) >= 11 is 3.23. The Morgan fingerprint density at radius 3 is 3.00 bits per heavy atom. The SMILES string of the molecule is C#CCNC(C(=O)OCC)c1cc(Br)ccc1F. The second-order valence-corrected chi connectivity index (χ2v) is 4.35. The average molecular weight is 314 g/mol. The lowest BCUT2D eigenvalue weighted by Gasteiger charge is -2.17. The Labute approximate surface area is 114 Å². The maximum atomic E-state index is 13.7. The van der Waals surface area contributed by atoms with Gasteiger partial charge in [-0.05, 0) is 25.1 Å². The first-order valence-electron chi connectivity index (χ1n) is 5.38. The number of terminal acetylenes is 1. The van der Waals surface area contributed by atoms with E-state index in [1.165, 1.54) is 12.1 Å². The summed E-state index contributed by atoms with van der Waals surface area (Å²) in [5.74, 6) is 1.31. The molecule has 1 unspecified atom stereocenters. The molecule has 0 saturated carbocycles. The highest BCUT2D eigenvalue weighted by Crippen LogP contribution is 2.22. The summed E-state index contributed by atoms with van der Waals surface area (Å²) in [5, 5.41) is 2.77. The molecule has 3 nitrogen and oxygen atoms in total. The molecule has 0 aliphatic heterocycles. The zero-order chi connectivity index (χ0) is 13.5.